The first kappa shape index (κ1) is 34.5. The van der Waals surface area contributed by atoms with E-state index in [1.807, 2.05) is 62.5 Å². The second kappa shape index (κ2) is 18.7. The number of carbonyl (C=O) groups excluding carboxylic acids is 1. The van der Waals surface area contributed by atoms with Crippen molar-refractivity contribution in [2.24, 2.45) is 5.92 Å². The number of phosphoric acid groups is 1. The third kappa shape index (κ3) is 16.2. The Morgan fingerprint density at radius 3 is 2.49 bits per heavy atom. The van der Waals surface area contributed by atoms with Crippen molar-refractivity contribution in [3.8, 4) is 0 Å². The van der Waals surface area contributed by atoms with E-state index in [1.54, 1.807) is 25.2 Å². The van der Waals surface area contributed by atoms with Gasteiger partial charge in [0.1, 0.15) is 6.10 Å². The maximum absolute atomic E-state index is 12.8. The molecule has 0 fully saturated rings. The van der Waals surface area contributed by atoms with Crippen LogP contribution in [0.5, 0.6) is 0 Å². The fraction of sp³-hybridized carbons (Fsp3) is 0.452. The number of aliphatic hydroxyl groups excluding tert-OH is 1. The van der Waals surface area contributed by atoms with Gasteiger partial charge in [0.25, 0.3) is 0 Å². The van der Waals surface area contributed by atoms with Crippen molar-refractivity contribution >= 4 is 13.8 Å². The number of ether oxygens (including phenoxy) is 1. The number of hydrogen-bond donors (Lipinski definition) is 3. The highest BCUT2D eigenvalue weighted by Gasteiger charge is 2.23. The Morgan fingerprint density at radius 2 is 1.82 bits per heavy atom. The maximum atomic E-state index is 12.8. The molecule has 1 aliphatic rings. The number of cyclic esters (lactones) is 1. The van der Waals surface area contributed by atoms with Crippen LogP contribution in [-0.4, -0.2) is 39.2 Å². The van der Waals surface area contributed by atoms with Gasteiger partial charge in [-0.2, -0.15) is 0 Å². The Morgan fingerprint density at radius 1 is 1.15 bits per heavy atom. The van der Waals surface area contributed by atoms with Crippen molar-refractivity contribution in [3.63, 3.8) is 0 Å². The van der Waals surface area contributed by atoms with E-state index < -0.39 is 26.0 Å². The van der Waals surface area contributed by atoms with Gasteiger partial charge in [-0.3, -0.25) is 9.32 Å². The maximum Gasteiger partial charge on any atom is 0.470 e. The lowest BCUT2D eigenvalue weighted by molar-refractivity contribution is -0.148. The molecule has 0 amide bonds. The molecule has 216 valence electrons. The minimum atomic E-state index is -4.67. The largest absolute Gasteiger partial charge is 0.470 e. The topological polar surface area (TPSA) is 113 Å². The van der Waals surface area contributed by atoms with E-state index in [4.69, 9.17) is 9.26 Å². The van der Waals surface area contributed by atoms with Crippen LogP contribution in [-0.2, 0) is 18.6 Å². The zero-order valence-corrected chi connectivity index (χ0v) is 24.3. The highest BCUT2D eigenvalue weighted by atomic mass is 31.2. The number of aliphatic hydroxyl groups is 1. The van der Waals surface area contributed by atoms with Gasteiger partial charge in [0, 0.05) is 12.3 Å². The molecular weight excluding hydrogens is 515 g/mol. The van der Waals surface area contributed by atoms with E-state index in [0.29, 0.717) is 43.3 Å². The van der Waals surface area contributed by atoms with E-state index in [-0.39, 0.29) is 18.4 Å². The summed E-state index contributed by atoms with van der Waals surface area (Å²) in [7, 11) is -4.67. The van der Waals surface area contributed by atoms with Crippen LogP contribution in [0.3, 0.4) is 0 Å². The Labute approximate surface area is 233 Å². The number of rotatable bonds is 6. The molecule has 0 saturated heterocycles. The minimum Gasteiger partial charge on any atom is -0.462 e. The summed E-state index contributed by atoms with van der Waals surface area (Å²) in [5.41, 5.74) is 2.41. The third-order valence-corrected chi connectivity index (χ3v) is 6.93. The van der Waals surface area contributed by atoms with Gasteiger partial charge < -0.3 is 19.6 Å². The lowest BCUT2D eigenvalue weighted by Crippen LogP contribution is -2.23. The van der Waals surface area contributed by atoms with Crippen LogP contribution in [0.4, 0.5) is 0 Å². The van der Waals surface area contributed by atoms with Crippen molar-refractivity contribution in [1.29, 1.82) is 0 Å². The summed E-state index contributed by atoms with van der Waals surface area (Å²) in [5, 5.41) is 10.5. The molecule has 0 radical (unpaired) electrons. The number of carbonyl (C=O) groups is 1. The molecule has 1 heterocycles. The Kier molecular flexibility index (Phi) is 16.5. The zero-order valence-electron chi connectivity index (χ0n) is 23.4. The zero-order chi connectivity index (χ0) is 29.3. The van der Waals surface area contributed by atoms with E-state index in [2.05, 4.69) is 13.2 Å². The molecular formula is C31H45O7P. The fourth-order valence-electron chi connectivity index (χ4n) is 3.88. The summed E-state index contributed by atoms with van der Waals surface area (Å²) in [6.07, 6.45) is 21.6. The molecule has 4 unspecified atom stereocenters. The van der Waals surface area contributed by atoms with Gasteiger partial charge in [-0.1, -0.05) is 98.1 Å². The van der Waals surface area contributed by atoms with Crippen LogP contribution in [0.1, 0.15) is 65.7 Å². The predicted octanol–water partition coefficient (Wildman–Crippen LogP) is 6.98. The monoisotopic (exact) mass is 560 g/mol. The van der Waals surface area contributed by atoms with Gasteiger partial charge in [-0.05, 0) is 51.5 Å². The molecule has 3 N–H and O–H groups in total. The summed E-state index contributed by atoms with van der Waals surface area (Å²) in [4.78, 5) is 31.5. The second-order valence-corrected chi connectivity index (χ2v) is 11.0. The molecule has 0 aromatic carbocycles. The molecule has 0 saturated carbocycles. The smallest absolute Gasteiger partial charge is 0.462 e. The van der Waals surface area contributed by atoms with E-state index in [1.165, 1.54) is 0 Å². The number of esters is 1. The fourth-order valence-corrected chi connectivity index (χ4v) is 4.49. The molecule has 0 spiro atoms. The second-order valence-electron chi connectivity index (χ2n) is 9.80. The highest BCUT2D eigenvalue weighted by molar-refractivity contribution is 7.46. The average molecular weight is 561 g/mol. The Balaban J connectivity index is 3.16. The summed E-state index contributed by atoms with van der Waals surface area (Å²) < 4.78 is 22.3. The summed E-state index contributed by atoms with van der Waals surface area (Å²) in [6, 6.07) is 0. The number of allylic oxidation sites excluding steroid dienone is 10. The van der Waals surface area contributed by atoms with Crippen LogP contribution in [0, 0.1) is 5.92 Å². The Hall–Kier alpha value is -2.54. The summed E-state index contributed by atoms with van der Waals surface area (Å²) in [5.74, 6) is -0.659. The summed E-state index contributed by atoms with van der Waals surface area (Å²) >= 11 is 0. The van der Waals surface area contributed by atoms with E-state index in [0.717, 1.165) is 12.0 Å². The van der Waals surface area contributed by atoms with Crippen LogP contribution < -0.4 is 0 Å². The molecule has 0 aromatic rings. The average Bonchev–Trinajstić information content (AvgIpc) is 2.85. The lowest BCUT2D eigenvalue weighted by Gasteiger charge is -2.21. The molecule has 7 nitrogen and oxygen atoms in total. The van der Waals surface area contributed by atoms with Gasteiger partial charge in [-0.25, -0.2) is 4.57 Å². The molecule has 39 heavy (non-hydrogen) atoms. The van der Waals surface area contributed by atoms with E-state index >= 15 is 0 Å². The standard InChI is InChI=1S/C31H45O7P/c1-6-16-24(2)21-22-28-18-15-14-17-25(3)30(38-39(34,35)36)20-13-11-9-7-8-10-12-19-29(32)27(5)26(4)23-31(33)37-28/h6-12,14-17,27-30,32H,1,4,13,18-23H2,2-3,5H3,(H2,34,35,36). The van der Waals surface area contributed by atoms with Gasteiger partial charge in [-0.15, -0.1) is 0 Å². The minimum absolute atomic E-state index is 0.0226. The first-order valence-electron chi connectivity index (χ1n) is 13.3. The SMILES string of the molecule is C=CC=C(C)CCC1CC=CC=C(C)C(OP(=O)(O)O)CCC=CC=CC=CCC(O)C(C)C(=C)CC(=O)O1. The number of hydrogen-bond acceptors (Lipinski definition) is 5. The summed E-state index contributed by atoms with van der Waals surface area (Å²) in [6.45, 7) is 13.3. The van der Waals surface area contributed by atoms with Crippen LogP contribution in [0.25, 0.3) is 0 Å². The van der Waals surface area contributed by atoms with Crippen molar-refractivity contribution < 1.29 is 33.5 Å². The van der Waals surface area contributed by atoms with Gasteiger partial charge in [0.2, 0.25) is 0 Å². The van der Waals surface area contributed by atoms with Crippen LogP contribution in [0.15, 0.2) is 96.7 Å². The lowest BCUT2D eigenvalue weighted by atomic mass is 9.92. The van der Waals surface area contributed by atoms with Crippen LogP contribution in [0.2, 0.25) is 0 Å². The van der Waals surface area contributed by atoms with Crippen molar-refractivity contribution in [2.45, 2.75) is 84.0 Å². The molecule has 0 aromatic heterocycles. The third-order valence-electron chi connectivity index (χ3n) is 6.40. The quantitative estimate of drug-likeness (QED) is 0.139. The highest BCUT2D eigenvalue weighted by Crippen LogP contribution is 2.40. The van der Waals surface area contributed by atoms with Gasteiger partial charge >= 0.3 is 13.8 Å². The molecule has 4 atom stereocenters. The first-order chi connectivity index (χ1) is 18.4. The first-order valence-corrected chi connectivity index (χ1v) is 14.8. The van der Waals surface area contributed by atoms with Crippen LogP contribution >= 0.6 is 7.82 Å². The molecule has 0 aliphatic carbocycles. The van der Waals surface area contributed by atoms with Crippen molar-refractivity contribution in [3.05, 3.63) is 96.7 Å². The molecule has 8 heteroatoms. The molecule has 1 rings (SSSR count). The predicted molar refractivity (Wildman–Crippen MR) is 158 cm³/mol. The Bertz CT molecular complexity index is 1030. The van der Waals surface area contributed by atoms with Crippen molar-refractivity contribution in [2.75, 3.05) is 0 Å². The van der Waals surface area contributed by atoms with Gasteiger partial charge in [0.05, 0.1) is 18.6 Å². The molecule has 1 aliphatic heterocycles. The van der Waals surface area contributed by atoms with Crippen molar-refractivity contribution in [1.82, 2.24) is 0 Å². The normalized spacial score (nSPS) is 25.4. The van der Waals surface area contributed by atoms with E-state index in [9.17, 15) is 24.3 Å². The van der Waals surface area contributed by atoms with Gasteiger partial charge in [0.15, 0.2) is 0 Å². The molecule has 0 bridgehead atoms. The number of phosphoric ester groups is 1.